The van der Waals surface area contributed by atoms with E-state index < -0.39 is 23.4 Å². The first-order chi connectivity index (χ1) is 15.7. The van der Waals surface area contributed by atoms with Gasteiger partial charge in [0, 0.05) is 11.6 Å². The number of thioether (sulfide) groups is 1. The van der Waals surface area contributed by atoms with Crippen molar-refractivity contribution in [1.29, 1.82) is 0 Å². The summed E-state index contributed by atoms with van der Waals surface area (Å²) in [6.45, 7) is 4.51. The van der Waals surface area contributed by atoms with Gasteiger partial charge in [0.2, 0.25) is 5.91 Å². The first kappa shape index (κ1) is 23.6. The SMILES string of the molecule is CCCn1c(SCC(=O)NN2C(=O)NC3(CCC(C)CC3)C2=O)nc2cc(Cl)ccc2c1=O. The van der Waals surface area contributed by atoms with Gasteiger partial charge in [0.05, 0.1) is 16.7 Å². The van der Waals surface area contributed by atoms with Crippen molar-refractivity contribution in [3.05, 3.63) is 33.6 Å². The summed E-state index contributed by atoms with van der Waals surface area (Å²) >= 11 is 7.12. The number of nitrogens with zero attached hydrogens (tertiary/aromatic N) is 3. The highest BCUT2D eigenvalue weighted by molar-refractivity contribution is 7.99. The Kier molecular flexibility index (Phi) is 6.67. The number of hydrogen-bond donors (Lipinski definition) is 2. The molecule has 0 bridgehead atoms. The summed E-state index contributed by atoms with van der Waals surface area (Å²) in [5.41, 5.74) is 1.74. The van der Waals surface area contributed by atoms with Gasteiger partial charge in [0.25, 0.3) is 11.5 Å². The molecule has 1 aromatic carbocycles. The largest absolute Gasteiger partial charge is 0.344 e. The van der Waals surface area contributed by atoms with Crippen LogP contribution >= 0.6 is 23.4 Å². The molecule has 2 aliphatic rings. The molecule has 1 aliphatic carbocycles. The molecule has 0 atom stereocenters. The van der Waals surface area contributed by atoms with Crippen LogP contribution in [0.25, 0.3) is 10.9 Å². The van der Waals surface area contributed by atoms with Gasteiger partial charge in [0.15, 0.2) is 5.16 Å². The molecular formula is C22H26ClN5O4S. The second-order valence-corrected chi connectivity index (χ2v) is 10.1. The van der Waals surface area contributed by atoms with Crippen LogP contribution in [-0.2, 0) is 16.1 Å². The fourth-order valence-electron chi connectivity index (χ4n) is 4.31. The smallest absolute Gasteiger partial charge is 0.322 e. The lowest BCUT2D eigenvalue weighted by Gasteiger charge is -2.33. The number of rotatable bonds is 6. The number of benzene rings is 1. The monoisotopic (exact) mass is 491 g/mol. The molecule has 176 valence electrons. The Labute approximate surface area is 200 Å². The highest BCUT2D eigenvalue weighted by Gasteiger charge is 2.52. The van der Waals surface area contributed by atoms with Crippen LogP contribution in [0.1, 0.15) is 46.0 Å². The number of halogens is 1. The zero-order valence-corrected chi connectivity index (χ0v) is 20.1. The number of amides is 4. The highest BCUT2D eigenvalue weighted by Crippen LogP contribution is 2.35. The van der Waals surface area contributed by atoms with Gasteiger partial charge in [-0.15, -0.1) is 0 Å². The van der Waals surface area contributed by atoms with E-state index in [1.54, 1.807) is 18.2 Å². The van der Waals surface area contributed by atoms with Crippen molar-refractivity contribution in [1.82, 2.24) is 25.3 Å². The molecule has 1 saturated heterocycles. The number of hydrogen-bond acceptors (Lipinski definition) is 6. The van der Waals surface area contributed by atoms with E-state index in [9.17, 15) is 19.2 Å². The number of urea groups is 1. The molecule has 0 radical (unpaired) electrons. The van der Waals surface area contributed by atoms with Crippen molar-refractivity contribution in [2.24, 2.45) is 5.92 Å². The number of nitrogens with one attached hydrogen (secondary N) is 2. The lowest BCUT2D eigenvalue weighted by atomic mass is 9.77. The Hall–Kier alpha value is -2.59. The number of carbonyl (C=O) groups is 3. The van der Waals surface area contributed by atoms with Crippen LogP contribution in [0.2, 0.25) is 5.02 Å². The highest BCUT2D eigenvalue weighted by atomic mass is 35.5. The van der Waals surface area contributed by atoms with Gasteiger partial charge in [0.1, 0.15) is 5.54 Å². The van der Waals surface area contributed by atoms with Crippen molar-refractivity contribution in [2.75, 3.05) is 5.75 Å². The van der Waals surface area contributed by atoms with E-state index in [2.05, 4.69) is 22.7 Å². The predicted molar refractivity (Wildman–Crippen MR) is 126 cm³/mol. The summed E-state index contributed by atoms with van der Waals surface area (Å²) in [4.78, 5) is 55.4. The van der Waals surface area contributed by atoms with Crippen LogP contribution < -0.4 is 16.3 Å². The summed E-state index contributed by atoms with van der Waals surface area (Å²) in [5, 5.41) is 4.84. The molecule has 1 aliphatic heterocycles. The van der Waals surface area contributed by atoms with E-state index in [0.29, 0.717) is 52.8 Å². The average Bonchev–Trinajstić information content (AvgIpc) is 3.00. The number of imide groups is 1. The second-order valence-electron chi connectivity index (χ2n) is 8.67. The third kappa shape index (κ3) is 4.59. The standard InChI is InChI=1S/C22H26ClN5O4S/c1-3-10-27-18(30)15-5-4-14(23)11-16(15)24-21(27)33-12-17(29)26-28-19(31)22(25-20(28)32)8-6-13(2)7-9-22/h4-5,11,13H,3,6-10,12H2,1-2H3,(H,25,32)(H,26,29). The molecule has 2 N–H and O–H groups in total. The first-order valence-corrected chi connectivity index (χ1v) is 12.4. The van der Waals surface area contributed by atoms with Gasteiger partial charge >= 0.3 is 6.03 Å². The summed E-state index contributed by atoms with van der Waals surface area (Å²) in [6.07, 6.45) is 3.52. The molecule has 33 heavy (non-hydrogen) atoms. The lowest BCUT2D eigenvalue weighted by Crippen LogP contribution is -2.51. The normalized spacial score (nSPS) is 22.8. The molecule has 2 fully saturated rings. The minimum Gasteiger partial charge on any atom is -0.322 e. The Morgan fingerprint density at radius 2 is 2.03 bits per heavy atom. The van der Waals surface area contributed by atoms with Crippen molar-refractivity contribution in [3.63, 3.8) is 0 Å². The molecule has 4 rings (SSSR count). The summed E-state index contributed by atoms with van der Waals surface area (Å²) in [7, 11) is 0. The minimum atomic E-state index is -0.926. The Morgan fingerprint density at radius 1 is 1.30 bits per heavy atom. The Morgan fingerprint density at radius 3 is 2.73 bits per heavy atom. The van der Waals surface area contributed by atoms with Gasteiger partial charge in [-0.05, 0) is 56.2 Å². The number of fused-ring (bicyclic) bond motifs is 1. The molecule has 2 aromatic rings. The van der Waals surface area contributed by atoms with Gasteiger partial charge in [-0.3, -0.25) is 24.4 Å². The molecule has 11 heteroatoms. The maximum Gasteiger partial charge on any atom is 0.344 e. The van der Waals surface area contributed by atoms with Gasteiger partial charge in [-0.1, -0.05) is 37.2 Å². The summed E-state index contributed by atoms with van der Waals surface area (Å²) in [5.74, 6) is -0.568. The fourth-order valence-corrected chi connectivity index (χ4v) is 5.29. The Balaban J connectivity index is 1.48. The maximum atomic E-state index is 12.9. The van der Waals surface area contributed by atoms with E-state index >= 15 is 0 Å². The molecular weight excluding hydrogens is 466 g/mol. The van der Waals surface area contributed by atoms with Crippen LogP contribution in [0.5, 0.6) is 0 Å². The topological polar surface area (TPSA) is 113 Å². The van der Waals surface area contributed by atoms with E-state index in [1.807, 2.05) is 6.92 Å². The van der Waals surface area contributed by atoms with Crippen LogP contribution in [0.4, 0.5) is 4.79 Å². The van der Waals surface area contributed by atoms with Crippen LogP contribution in [0.15, 0.2) is 28.2 Å². The molecule has 4 amide bonds. The van der Waals surface area contributed by atoms with Crippen molar-refractivity contribution < 1.29 is 14.4 Å². The third-order valence-electron chi connectivity index (χ3n) is 6.19. The summed E-state index contributed by atoms with van der Waals surface area (Å²) < 4.78 is 1.53. The molecule has 1 saturated carbocycles. The van der Waals surface area contributed by atoms with E-state index in [4.69, 9.17) is 11.6 Å². The zero-order valence-electron chi connectivity index (χ0n) is 18.5. The van der Waals surface area contributed by atoms with E-state index in [-0.39, 0.29) is 11.3 Å². The van der Waals surface area contributed by atoms with Crippen molar-refractivity contribution >= 4 is 52.1 Å². The first-order valence-electron chi connectivity index (χ1n) is 11.0. The number of aromatic nitrogens is 2. The Bertz CT molecular complexity index is 1180. The zero-order chi connectivity index (χ0) is 23.8. The number of carbonyl (C=O) groups excluding carboxylic acids is 3. The van der Waals surface area contributed by atoms with Crippen LogP contribution in [-0.4, -0.2) is 43.7 Å². The van der Waals surface area contributed by atoms with E-state index in [1.165, 1.54) is 4.57 Å². The second kappa shape index (κ2) is 9.34. The molecule has 1 aromatic heterocycles. The lowest BCUT2D eigenvalue weighted by molar-refractivity contribution is -0.139. The van der Waals surface area contributed by atoms with Crippen LogP contribution in [0, 0.1) is 5.92 Å². The molecule has 9 nitrogen and oxygen atoms in total. The summed E-state index contributed by atoms with van der Waals surface area (Å²) in [6, 6.07) is 4.27. The molecule has 0 unspecified atom stereocenters. The van der Waals surface area contributed by atoms with Crippen molar-refractivity contribution in [2.45, 2.75) is 63.2 Å². The number of hydrazine groups is 1. The maximum absolute atomic E-state index is 12.9. The fraction of sp³-hybridized carbons (Fsp3) is 0.500. The van der Waals surface area contributed by atoms with Crippen molar-refractivity contribution in [3.8, 4) is 0 Å². The average molecular weight is 492 g/mol. The van der Waals surface area contributed by atoms with Gasteiger partial charge < -0.3 is 5.32 Å². The minimum absolute atomic E-state index is 0.122. The quantitative estimate of drug-likeness (QED) is 0.364. The predicted octanol–water partition coefficient (Wildman–Crippen LogP) is 3.08. The van der Waals surface area contributed by atoms with E-state index in [0.717, 1.165) is 29.6 Å². The van der Waals surface area contributed by atoms with Gasteiger partial charge in [-0.25, -0.2) is 9.78 Å². The van der Waals surface area contributed by atoms with Crippen LogP contribution in [0.3, 0.4) is 0 Å². The molecule has 1 spiro atoms. The van der Waals surface area contributed by atoms with Gasteiger partial charge in [-0.2, -0.15) is 5.01 Å². The molecule has 2 heterocycles. The third-order valence-corrected chi connectivity index (χ3v) is 7.40.